The van der Waals surface area contributed by atoms with Crippen LogP contribution >= 0.6 is 11.8 Å². The Balaban J connectivity index is 3.00. The van der Waals surface area contributed by atoms with Gasteiger partial charge in [-0.1, -0.05) is 30.0 Å². The topological polar surface area (TPSA) is 68.4 Å². The molecule has 0 atom stereocenters. The molecule has 78 valence electrons. The molecule has 0 aliphatic heterocycles. The van der Waals surface area contributed by atoms with E-state index in [1.807, 2.05) is 24.6 Å². The summed E-state index contributed by atoms with van der Waals surface area (Å²) in [4.78, 5) is 4.22. The van der Waals surface area contributed by atoms with Crippen molar-refractivity contribution in [2.45, 2.75) is 6.61 Å². The lowest BCUT2D eigenvalue weighted by Crippen LogP contribution is -2.12. The molecule has 0 amide bonds. The number of benzene rings is 1. The van der Waals surface area contributed by atoms with E-state index in [2.05, 4.69) is 10.3 Å². The molecule has 0 aliphatic rings. The second-order valence-corrected chi connectivity index (χ2v) is 3.44. The number of hydrogen-bond acceptors (Lipinski definition) is 4. The van der Waals surface area contributed by atoms with Crippen LogP contribution in [0.3, 0.4) is 0 Å². The summed E-state index contributed by atoms with van der Waals surface area (Å²) in [5, 5.41) is 20.5. The van der Waals surface area contributed by atoms with Crippen molar-refractivity contribution in [3.05, 3.63) is 29.8 Å². The van der Waals surface area contributed by atoms with E-state index in [1.165, 1.54) is 11.8 Å². The standard InChI is InChI=1S/C10H11N3OS/c1-15-10(12-7-11)13-9-5-3-2-4-8(9)6-14/h2-5,14H,6H2,1H3,(H,12,13). The molecule has 0 aromatic heterocycles. The normalized spacial score (nSPS) is 10.9. The van der Waals surface area contributed by atoms with E-state index >= 15 is 0 Å². The Labute approximate surface area is 92.6 Å². The summed E-state index contributed by atoms with van der Waals surface area (Å²) in [6.07, 6.45) is 3.64. The van der Waals surface area contributed by atoms with Crippen LogP contribution in [0.5, 0.6) is 0 Å². The van der Waals surface area contributed by atoms with Gasteiger partial charge in [0.05, 0.1) is 12.3 Å². The highest BCUT2D eigenvalue weighted by atomic mass is 32.2. The van der Waals surface area contributed by atoms with Gasteiger partial charge in [0.1, 0.15) is 0 Å². The fourth-order valence-electron chi connectivity index (χ4n) is 1.04. The molecular weight excluding hydrogens is 210 g/mol. The highest BCUT2D eigenvalue weighted by Crippen LogP contribution is 2.19. The van der Waals surface area contributed by atoms with Gasteiger partial charge in [0.2, 0.25) is 0 Å². The Morgan fingerprint density at radius 2 is 2.33 bits per heavy atom. The Morgan fingerprint density at radius 3 is 2.93 bits per heavy atom. The summed E-state index contributed by atoms with van der Waals surface area (Å²) >= 11 is 1.34. The molecule has 15 heavy (non-hydrogen) atoms. The Hall–Kier alpha value is -1.51. The monoisotopic (exact) mass is 221 g/mol. The fourth-order valence-corrected chi connectivity index (χ4v) is 1.37. The lowest BCUT2D eigenvalue weighted by atomic mass is 10.2. The van der Waals surface area contributed by atoms with Gasteiger partial charge in [-0.3, -0.25) is 5.32 Å². The van der Waals surface area contributed by atoms with Crippen LogP contribution in [0, 0.1) is 11.5 Å². The van der Waals surface area contributed by atoms with Crippen LogP contribution in [0.25, 0.3) is 0 Å². The van der Waals surface area contributed by atoms with Crippen LogP contribution in [-0.4, -0.2) is 16.5 Å². The number of nitrogens with one attached hydrogen (secondary N) is 1. The number of thioether (sulfide) groups is 1. The number of hydrogen-bond donors (Lipinski definition) is 2. The van der Waals surface area contributed by atoms with Crippen LogP contribution in [0.1, 0.15) is 5.56 Å². The Bertz CT molecular complexity index is 398. The molecule has 0 unspecified atom stereocenters. The molecule has 0 aliphatic carbocycles. The van der Waals surface area contributed by atoms with Crippen molar-refractivity contribution in [1.29, 1.82) is 5.26 Å². The van der Waals surface area contributed by atoms with Crippen molar-refractivity contribution < 1.29 is 5.11 Å². The summed E-state index contributed by atoms with van der Waals surface area (Å²) in [6.45, 7) is -0.0616. The van der Waals surface area contributed by atoms with Crippen LogP contribution in [-0.2, 0) is 6.61 Å². The minimum atomic E-state index is -0.0616. The lowest BCUT2D eigenvalue weighted by molar-refractivity contribution is 0.282. The van der Waals surface area contributed by atoms with Crippen LogP contribution in [0.4, 0.5) is 5.69 Å². The molecule has 4 nitrogen and oxygen atoms in total. The van der Waals surface area contributed by atoms with E-state index in [9.17, 15) is 0 Å². The Kier molecular flexibility index (Phi) is 4.68. The van der Waals surface area contributed by atoms with Gasteiger partial charge in [-0.15, -0.1) is 0 Å². The van der Waals surface area contributed by atoms with Gasteiger partial charge in [0.15, 0.2) is 11.4 Å². The van der Waals surface area contributed by atoms with E-state index in [0.29, 0.717) is 10.9 Å². The molecule has 2 N–H and O–H groups in total. The van der Waals surface area contributed by atoms with E-state index in [-0.39, 0.29) is 6.61 Å². The largest absolute Gasteiger partial charge is 0.392 e. The van der Waals surface area contributed by atoms with Crippen molar-refractivity contribution in [2.24, 2.45) is 4.99 Å². The summed E-state index contributed by atoms with van der Waals surface area (Å²) in [5.74, 6) is 0. The first-order valence-electron chi connectivity index (χ1n) is 4.28. The minimum absolute atomic E-state index is 0.0616. The molecule has 0 heterocycles. The number of nitrogens with zero attached hydrogens (tertiary/aromatic N) is 2. The smallest absolute Gasteiger partial charge is 0.183 e. The molecular formula is C10H11N3OS. The zero-order valence-corrected chi connectivity index (χ0v) is 9.08. The SMILES string of the molecule is CSC(=Nc1ccccc1CO)NC#N. The van der Waals surface area contributed by atoms with Gasteiger partial charge in [-0.05, 0) is 12.3 Å². The third kappa shape index (κ3) is 3.27. The van der Waals surface area contributed by atoms with Crippen molar-refractivity contribution in [3.8, 4) is 6.19 Å². The second-order valence-electron chi connectivity index (χ2n) is 2.64. The van der Waals surface area contributed by atoms with Crippen LogP contribution in [0.15, 0.2) is 29.3 Å². The maximum absolute atomic E-state index is 9.07. The van der Waals surface area contributed by atoms with E-state index < -0.39 is 0 Å². The van der Waals surface area contributed by atoms with Crippen LogP contribution < -0.4 is 5.32 Å². The van der Waals surface area contributed by atoms with Gasteiger partial charge in [-0.2, -0.15) is 5.26 Å². The molecule has 1 aromatic carbocycles. The third-order valence-corrected chi connectivity index (χ3v) is 2.32. The predicted octanol–water partition coefficient (Wildman–Crippen LogP) is 1.60. The first-order valence-corrected chi connectivity index (χ1v) is 5.51. The zero-order valence-electron chi connectivity index (χ0n) is 8.27. The molecule has 0 saturated heterocycles. The van der Waals surface area contributed by atoms with Gasteiger partial charge < -0.3 is 5.11 Å². The van der Waals surface area contributed by atoms with Gasteiger partial charge in [0.25, 0.3) is 0 Å². The fraction of sp³-hybridized carbons (Fsp3) is 0.200. The highest BCUT2D eigenvalue weighted by Gasteiger charge is 2.00. The number of nitriles is 1. The van der Waals surface area contributed by atoms with E-state index in [1.54, 1.807) is 12.1 Å². The molecule has 0 bridgehead atoms. The maximum atomic E-state index is 9.07. The number of aliphatic hydroxyl groups is 1. The van der Waals surface area contributed by atoms with Crippen LogP contribution in [0.2, 0.25) is 0 Å². The summed E-state index contributed by atoms with van der Waals surface area (Å²) in [6, 6.07) is 7.26. The molecule has 0 spiro atoms. The zero-order chi connectivity index (χ0) is 11.1. The molecule has 1 aromatic rings. The van der Waals surface area contributed by atoms with Crippen molar-refractivity contribution >= 4 is 22.6 Å². The summed E-state index contributed by atoms with van der Waals surface area (Å²) in [5.41, 5.74) is 1.41. The number of aliphatic imine (C=N–C) groups is 1. The number of aliphatic hydroxyl groups excluding tert-OH is 1. The molecule has 0 saturated carbocycles. The maximum Gasteiger partial charge on any atom is 0.183 e. The Morgan fingerprint density at radius 1 is 1.60 bits per heavy atom. The van der Waals surface area contributed by atoms with Crippen molar-refractivity contribution in [1.82, 2.24) is 5.32 Å². The van der Waals surface area contributed by atoms with Crippen molar-refractivity contribution in [3.63, 3.8) is 0 Å². The number of para-hydroxylation sites is 1. The van der Waals surface area contributed by atoms with E-state index in [0.717, 1.165) is 5.56 Å². The quantitative estimate of drug-likeness (QED) is 0.344. The first-order chi connectivity index (χ1) is 7.31. The molecule has 0 radical (unpaired) electrons. The highest BCUT2D eigenvalue weighted by molar-refractivity contribution is 8.13. The van der Waals surface area contributed by atoms with Gasteiger partial charge in [-0.25, -0.2) is 4.99 Å². The number of amidine groups is 1. The third-order valence-electron chi connectivity index (χ3n) is 1.74. The van der Waals surface area contributed by atoms with Crippen molar-refractivity contribution in [2.75, 3.05) is 6.26 Å². The minimum Gasteiger partial charge on any atom is -0.392 e. The first kappa shape index (κ1) is 11.6. The van der Waals surface area contributed by atoms with Gasteiger partial charge in [0, 0.05) is 5.56 Å². The molecule has 0 fully saturated rings. The molecule has 1 rings (SSSR count). The summed E-state index contributed by atoms with van der Waals surface area (Å²) < 4.78 is 0. The molecule has 5 heteroatoms. The second kappa shape index (κ2) is 6.06. The predicted molar refractivity (Wildman–Crippen MR) is 61.7 cm³/mol. The average molecular weight is 221 g/mol. The number of rotatable bonds is 2. The lowest BCUT2D eigenvalue weighted by Gasteiger charge is -2.03. The summed E-state index contributed by atoms with van der Waals surface area (Å²) in [7, 11) is 0. The average Bonchev–Trinajstić information content (AvgIpc) is 2.29. The van der Waals surface area contributed by atoms with Gasteiger partial charge >= 0.3 is 0 Å². The van der Waals surface area contributed by atoms with E-state index in [4.69, 9.17) is 10.4 Å².